The van der Waals surface area contributed by atoms with Crippen molar-refractivity contribution in [3.05, 3.63) is 71.6 Å². The van der Waals surface area contributed by atoms with Crippen LogP contribution in [-0.4, -0.2) is 26.6 Å². The fourth-order valence-corrected chi connectivity index (χ4v) is 3.52. The zero-order chi connectivity index (χ0) is 20.9. The molecule has 0 aliphatic heterocycles. The molecule has 0 unspecified atom stereocenters. The highest BCUT2D eigenvalue weighted by Crippen LogP contribution is 2.26. The molecule has 0 fully saturated rings. The Morgan fingerprint density at radius 2 is 2.00 bits per heavy atom. The van der Waals surface area contributed by atoms with E-state index < -0.39 is 0 Å². The van der Waals surface area contributed by atoms with Crippen molar-refractivity contribution >= 4 is 28.3 Å². The summed E-state index contributed by atoms with van der Waals surface area (Å²) in [5, 5.41) is 12.0. The fourth-order valence-electron chi connectivity index (χ4n) is 2.80. The molecule has 0 aliphatic carbocycles. The minimum atomic E-state index is -0.145. The number of hydrogen-bond donors (Lipinski definition) is 2. The number of furan rings is 1. The van der Waals surface area contributed by atoms with Crippen LogP contribution in [0.3, 0.4) is 0 Å². The zero-order valence-electron chi connectivity index (χ0n) is 16.2. The molecule has 0 spiro atoms. The number of thiazole rings is 1. The van der Waals surface area contributed by atoms with Gasteiger partial charge in [0.2, 0.25) is 11.8 Å². The summed E-state index contributed by atoms with van der Waals surface area (Å²) in [7, 11) is 0. The van der Waals surface area contributed by atoms with Crippen LogP contribution < -0.4 is 10.6 Å². The molecular formula is C21H19N5O3S. The Morgan fingerprint density at radius 3 is 2.73 bits per heavy atom. The van der Waals surface area contributed by atoms with Crippen LogP contribution in [0.25, 0.3) is 17.1 Å². The maximum Gasteiger partial charge on any atom is 0.230 e. The molecular weight excluding hydrogens is 402 g/mol. The molecule has 2 N–H and O–H groups in total. The van der Waals surface area contributed by atoms with Gasteiger partial charge in [0.15, 0.2) is 10.9 Å². The Balaban J connectivity index is 1.34. The topological polar surface area (TPSA) is 102 Å². The van der Waals surface area contributed by atoms with Gasteiger partial charge in [-0.3, -0.25) is 9.59 Å². The van der Waals surface area contributed by atoms with E-state index in [0.717, 1.165) is 11.3 Å². The fraction of sp³-hybridized carbons (Fsp3) is 0.143. The van der Waals surface area contributed by atoms with Gasteiger partial charge in [-0.25, -0.2) is 9.67 Å². The minimum absolute atomic E-state index is 0.123. The molecule has 0 bridgehead atoms. The maximum atomic E-state index is 12.4. The standard InChI is InChI=1S/C21H19N5O3S/c1-14(27)22-12-17-7-8-19(29-17)18-13-30-21(24-18)25-20(28)11-15-3-5-16(6-4-15)26-10-2-9-23-26/h2-10,13H,11-12H2,1H3,(H,22,27)(H,24,25,28). The molecule has 4 rings (SSSR count). The SMILES string of the molecule is CC(=O)NCc1ccc(-c2csc(NC(=O)Cc3ccc(-n4cccn4)cc3)n2)o1. The summed E-state index contributed by atoms with van der Waals surface area (Å²) < 4.78 is 7.45. The van der Waals surface area contributed by atoms with Gasteiger partial charge in [-0.2, -0.15) is 5.10 Å². The molecule has 0 radical (unpaired) electrons. The van der Waals surface area contributed by atoms with Crippen LogP contribution in [0, 0.1) is 0 Å². The Kier molecular flexibility index (Phi) is 5.71. The van der Waals surface area contributed by atoms with Gasteiger partial charge in [0, 0.05) is 24.7 Å². The van der Waals surface area contributed by atoms with Crippen molar-refractivity contribution in [3.63, 3.8) is 0 Å². The average molecular weight is 421 g/mol. The van der Waals surface area contributed by atoms with Crippen molar-refractivity contribution in [2.24, 2.45) is 0 Å². The lowest BCUT2D eigenvalue weighted by atomic mass is 10.1. The summed E-state index contributed by atoms with van der Waals surface area (Å²) in [6.07, 6.45) is 3.83. The molecule has 3 aromatic heterocycles. The second-order valence-electron chi connectivity index (χ2n) is 6.56. The van der Waals surface area contributed by atoms with Gasteiger partial charge in [-0.1, -0.05) is 12.1 Å². The molecule has 0 saturated heterocycles. The van der Waals surface area contributed by atoms with E-state index in [-0.39, 0.29) is 18.2 Å². The van der Waals surface area contributed by atoms with Crippen molar-refractivity contribution in [2.75, 3.05) is 5.32 Å². The molecule has 1 aromatic carbocycles. The molecule has 0 saturated carbocycles. The number of benzene rings is 1. The molecule has 4 aromatic rings. The van der Waals surface area contributed by atoms with Crippen molar-refractivity contribution in [1.82, 2.24) is 20.1 Å². The number of amides is 2. The van der Waals surface area contributed by atoms with Crippen molar-refractivity contribution in [3.8, 4) is 17.1 Å². The van der Waals surface area contributed by atoms with Crippen LogP contribution in [0.2, 0.25) is 0 Å². The summed E-state index contributed by atoms with van der Waals surface area (Å²) in [5.41, 5.74) is 2.46. The summed E-state index contributed by atoms with van der Waals surface area (Å²) in [4.78, 5) is 27.8. The van der Waals surface area contributed by atoms with Gasteiger partial charge < -0.3 is 15.1 Å². The number of carbonyl (C=O) groups excluding carboxylic acids is 2. The first kappa shape index (κ1) is 19.6. The molecule has 30 heavy (non-hydrogen) atoms. The number of rotatable bonds is 7. The smallest absolute Gasteiger partial charge is 0.230 e. The largest absolute Gasteiger partial charge is 0.458 e. The third-order valence-corrected chi connectivity index (χ3v) is 5.00. The van der Waals surface area contributed by atoms with Crippen LogP contribution in [0.15, 0.2) is 64.7 Å². The van der Waals surface area contributed by atoms with Gasteiger partial charge >= 0.3 is 0 Å². The van der Waals surface area contributed by atoms with E-state index >= 15 is 0 Å². The second-order valence-corrected chi connectivity index (χ2v) is 7.41. The first-order valence-electron chi connectivity index (χ1n) is 9.25. The van der Waals surface area contributed by atoms with Crippen molar-refractivity contribution < 1.29 is 14.0 Å². The molecule has 9 heteroatoms. The zero-order valence-corrected chi connectivity index (χ0v) is 17.0. The highest BCUT2D eigenvalue weighted by molar-refractivity contribution is 7.14. The lowest BCUT2D eigenvalue weighted by molar-refractivity contribution is -0.119. The van der Waals surface area contributed by atoms with Crippen LogP contribution in [0.5, 0.6) is 0 Å². The van der Waals surface area contributed by atoms with Crippen LogP contribution in [0.1, 0.15) is 18.2 Å². The van der Waals surface area contributed by atoms with Gasteiger partial charge in [0.25, 0.3) is 0 Å². The molecule has 2 amide bonds. The van der Waals surface area contributed by atoms with Gasteiger partial charge in [0.05, 0.1) is 18.7 Å². The van der Waals surface area contributed by atoms with Gasteiger partial charge in [-0.15, -0.1) is 11.3 Å². The molecule has 152 valence electrons. The van der Waals surface area contributed by atoms with E-state index in [1.807, 2.05) is 41.9 Å². The summed E-state index contributed by atoms with van der Waals surface area (Å²) >= 11 is 1.33. The van der Waals surface area contributed by atoms with Crippen LogP contribution in [0.4, 0.5) is 5.13 Å². The van der Waals surface area contributed by atoms with E-state index in [4.69, 9.17) is 4.42 Å². The molecule has 0 atom stereocenters. The lowest BCUT2D eigenvalue weighted by Crippen LogP contribution is -2.18. The Labute approximate surface area is 176 Å². The second kappa shape index (κ2) is 8.75. The highest BCUT2D eigenvalue weighted by Gasteiger charge is 2.12. The number of nitrogens with zero attached hydrogens (tertiary/aromatic N) is 3. The van der Waals surface area contributed by atoms with E-state index in [1.165, 1.54) is 18.3 Å². The first-order valence-corrected chi connectivity index (χ1v) is 10.1. The first-order chi connectivity index (χ1) is 14.6. The lowest BCUT2D eigenvalue weighted by Gasteiger charge is -2.04. The van der Waals surface area contributed by atoms with Crippen LogP contribution in [-0.2, 0) is 22.6 Å². The van der Waals surface area contributed by atoms with Crippen molar-refractivity contribution in [1.29, 1.82) is 0 Å². The Morgan fingerprint density at radius 1 is 1.17 bits per heavy atom. The summed E-state index contributed by atoms with van der Waals surface area (Å²) in [6, 6.07) is 13.1. The summed E-state index contributed by atoms with van der Waals surface area (Å²) in [6.45, 7) is 1.77. The minimum Gasteiger partial charge on any atom is -0.458 e. The number of carbonyl (C=O) groups is 2. The predicted octanol–water partition coefficient (Wildman–Crippen LogP) is 3.41. The number of hydrogen-bond acceptors (Lipinski definition) is 6. The molecule has 0 aliphatic rings. The van der Waals surface area contributed by atoms with Crippen LogP contribution >= 0.6 is 11.3 Å². The molecule has 3 heterocycles. The molecule has 8 nitrogen and oxygen atoms in total. The van der Waals surface area contributed by atoms with Gasteiger partial charge in [0.1, 0.15) is 11.5 Å². The number of aromatic nitrogens is 3. The Bertz CT molecular complexity index is 1150. The summed E-state index contributed by atoms with van der Waals surface area (Å²) in [5.74, 6) is 0.954. The number of anilines is 1. The third kappa shape index (κ3) is 4.81. The van der Waals surface area contributed by atoms with E-state index in [2.05, 4.69) is 20.7 Å². The Hall–Kier alpha value is -3.72. The predicted molar refractivity (Wildman–Crippen MR) is 113 cm³/mol. The third-order valence-electron chi connectivity index (χ3n) is 4.25. The van der Waals surface area contributed by atoms with Crippen molar-refractivity contribution in [2.45, 2.75) is 19.9 Å². The monoisotopic (exact) mass is 421 g/mol. The number of nitrogens with one attached hydrogen (secondary N) is 2. The normalized spacial score (nSPS) is 10.7. The van der Waals surface area contributed by atoms with Gasteiger partial charge in [-0.05, 0) is 35.9 Å². The van der Waals surface area contributed by atoms with E-state index in [0.29, 0.717) is 28.9 Å². The highest BCUT2D eigenvalue weighted by atomic mass is 32.1. The van der Waals surface area contributed by atoms with E-state index in [9.17, 15) is 9.59 Å². The maximum absolute atomic E-state index is 12.4. The van der Waals surface area contributed by atoms with E-state index in [1.54, 1.807) is 23.0 Å². The average Bonchev–Trinajstić information content (AvgIpc) is 3.48. The quantitative estimate of drug-likeness (QED) is 0.476.